The molecular formula is C17H18N2OS. The van der Waals surface area contributed by atoms with E-state index in [2.05, 4.69) is 29.6 Å². The van der Waals surface area contributed by atoms with Gasteiger partial charge in [-0.15, -0.1) is 0 Å². The second-order valence-corrected chi connectivity index (χ2v) is 5.73. The second-order valence-electron chi connectivity index (χ2n) is 4.73. The Kier molecular flexibility index (Phi) is 4.46. The maximum Gasteiger partial charge on any atom is 0.161 e. The largest absolute Gasteiger partial charge is 0.492 e. The summed E-state index contributed by atoms with van der Waals surface area (Å²) in [6, 6.07) is 18.6. The number of hydrogen-bond donors (Lipinski definition) is 1. The highest BCUT2D eigenvalue weighted by Crippen LogP contribution is 2.32. The number of nitrogens with zero attached hydrogens (tertiary/aromatic N) is 1. The third-order valence-corrected chi connectivity index (χ3v) is 4.23. The number of amidine groups is 1. The molecule has 2 aromatic carbocycles. The number of aliphatic imine (C=N–C) groups is 1. The van der Waals surface area contributed by atoms with Crippen LogP contribution in [0.25, 0.3) is 0 Å². The monoisotopic (exact) mass is 298 g/mol. The van der Waals surface area contributed by atoms with Crippen LogP contribution in [0, 0.1) is 0 Å². The van der Waals surface area contributed by atoms with E-state index < -0.39 is 0 Å². The molecule has 0 amide bonds. The molecule has 0 fully saturated rings. The maximum atomic E-state index is 5.63. The molecule has 2 aromatic rings. The summed E-state index contributed by atoms with van der Waals surface area (Å²) in [4.78, 5) is 4.77. The van der Waals surface area contributed by atoms with Gasteiger partial charge in [-0.3, -0.25) is 4.99 Å². The Balaban J connectivity index is 1.74. The van der Waals surface area contributed by atoms with Crippen molar-refractivity contribution in [2.75, 3.05) is 17.7 Å². The van der Waals surface area contributed by atoms with Crippen molar-refractivity contribution in [2.24, 2.45) is 4.99 Å². The minimum atomic E-state index is 0.234. The van der Waals surface area contributed by atoms with Crippen molar-refractivity contribution in [1.29, 1.82) is 0 Å². The zero-order chi connectivity index (χ0) is 14.5. The lowest BCUT2D eigenvalue weighted by molar-refractivity contribution is 0.342. The molecule has 1 aliphatic rings. The van der Waals surface area contributed by atoms with Crippen LogP contribution in [0.4, 0.5) is 5.69 Å². The molecule has 1 atom stereocenters. The summed E-state index contributed by atoms with van der Waals surface area (Å²) in [6.07, 6.45) is 0. The first kappa shape index (κ1) is 14.0. The lowest BCUT2D eigenvalue weighted by atomic mass is 10.1. The van der Waals surface area contributed by atoms with Gasteiger partial charge in [0.25, 0.3) is 0 Å². The number of hydrogen-bond acceptors (Lipinski definition) is 4. The van der Waals surface area contributed by atoms with Crippen molar-refractivity contribution in [1.82, 2.24) is 0 Å². The molecule has 0 saturated carbocycles. The van der Waals surface area contributed by atoms with Gasteiger partial charge in [-0.25, -0.2) is 0 Å². The van der Waals surface area contributed by atoms with Crippen LogP contribution in [0.1, 0.15) is 18.5 Å². The lowest BCUT2D eigenvalue weighted by Crippen LogP contribution is -2.07. The van der Waals surface area contributed by atoms with Crippen molar-refractivity contribution in [3.05, 3.63) is 60.2 Å². The van der Waals surface area contributed by atoms with Crippen LogP contribution in [0.15, 0.2) is 59.6 Å². The van der Waals surface area contributed by atoms with Gasteiger partial charge in [-0.1, -0.05) is 54.2 Å². The molecule has 1 N–H and O–H groups in total. The Labute approximate surface area is 129 Å². The van der Waals surface area contributed by atoms with Gasteiger partial charge in [-0.2, -0.15) is 0 Å². The van der Waals surface area contributed by atoms with E-state index in [0.717, 1.165) is 22.4 Å². The molecular weight excluding hydrogens is 280 g/mol. The topological polar surface area (TPSA) is 33.6 Å². The van der Waals surface area contributed by atoms with Crippen molar-refractivity contribution in [3.63, 3.8) is 0 Å². The predicted octanol–water partition coefficient (Wildman–Crippen LogP) is 4.34. The summed E-state index contributed by atoms with van der Waals surface area (Å²) in [6.45, 7) is 2.65. The number of nitrogens with one attached hydrogen (secondary N) is 1. The van der Waals surface area contributed by atoms with Gasteiger partial charge in [0.15, 0.2) is 5.17 Å². The highest BCUT2D eigenvalue weighted by molar-refractivity contribution is 8.14. The minimum absolute atomic E-state index is 0.234. The van der Waals surface area contributed by atoms with Crippen LogP contribution < -0.4 is 10.1 Å². The van der Waals surface area contributed by atoms with E-state index in [9.17, 15) is 0 Å². The van der Waals surface area contributed by atoms with E-state index >= 15 is 0 Å². The van der Waals surface area contributed by atoms with E-state index in [-0.39, 0.29) is 6.04 Å². The van der Waals surface area contributed by atoms with Crippen LogP contribution in [-0.2, 0) is 0 Å². The van der Waals surface area contributed by atoms with Crippen molar-refractivity contribution in [3.8, 4) is 5.75 Å². The van der Waals surface area contributed by atoms with E-state index in [1.807, 2.05) is 37.3 Å². The number of para-hydroxylation sites is 2. The van der Waals surface area contributed by atoms with Crippen molar-refractivity contribution < 1.29 is 4.74 Å². The van der Waals surface area contributed by atoms with Gasteiger partial charge < -0.3 is 10.1 Å². The molecule has 0 saturated heterocycles. The highest BCUT2D eigenvalue weighted by Gasteiger charge is 2.20. The average Bonchev–Trinajstić information content (AvgIpc) is 2.99. The second kappa shape index (κ2) is 6.68. The maximum absolute atomic E-state index is 5.63. The molecule has 108 valence electrons. The lowest BCUT2D eigenvalue weighted by Gasteiger charge is -2.11. The molecule has 3 rings (SSSR count). The molecule has 1 aliphatic heterocycles. The van der Waals surface area contributed by atoms with E-state index in [4.69, 9.17) is 9.73 Å². The fourth-order valence-corrected chi connectivity index (χ4v) is 3.22. The van der Waals surface area contributed by atoms with Gasteiger partial charge in [0.05, 0.1) is 18.3 Å². The average molecular weight is 298 g/mol. The summed E-state index contributed by atoms with van der Waals surface area (Å²) in [7, 11) is 0. The number of anilines is 1. The van der Waals surface area contributed by atoms with Gasteiger partial charge in [0.1, 0.15) is 5.75 Å². The summed E-state index contributed by atoms with van der Waals surface area (Å²) in [5.74, 6) is 1.84. The van der Waals surface area contributed by atoms with Crippen LogP contribution in [-0.4, -0.2) is 17.5 Å². The van der Waals surface area contributed by atoms with Crippen molar-refractivity contribution in [2.45, 2.75) is 13.0 Å². The number of benzene rings is 2. The van der Waals surface area contributed by atoms with Gasteiger partial charge in [-0.05, 0) is 24.6 Å². The first-order valence-electron chi connectivity index (χ1n) is 7.11. The van der Waals surface area contributed by atoms with E-state index in [1.54, 1.807) is 11.8 Å². The molecule has 0 aliphatic carbocycles. The number of rotatable bonds is 4. The Bertz CT molecular complexity index is 628. The molecule has 3 nitrogen and oxygen atoms in total. The van der Waals surface area contributed by atoms with Crippen LogP contribution >= 0.6 is 11.8 Å². The Morgan fingerprint density at radius 3 is 2.71 bits per heavy atom. The first-order chi connectivity index (χ1) is 10.4. The number of thioether (sulfide) groups is 1. The van der Waals surface area contributed by atoms with E-state index in [1.165, 1.54) is 5.56 Å². The van der Waals surface area contributed by atoms with Gasteiger partial charge in [0.2, 0.25) is 0 Å². The smallest absolute Gasteiger partial charge is 0.161 e. The standard InChI is InChI=1S/C17H18N2OS/c1-2-20-16-11-7-6-10-14(16)18-17-19-15(12-21-17)13-8-4-3-5-9-13/h3-11,15H,2,12H2,1H3,(H,18,19). The third-order valence-electron chi connectivity index (χ3n) is 3.26. The zero-order valence-corrected chi connectivity index (χ0v) is 12.8. The zero-order valence-electron chi connectivity index (χ0n) is 12.0. The fraction of sp³-hybridized carbons (Fsp3) is 0.235. The summed E-state index contributed by atoms with van der Waals surface area (Å²) >= 11 is 1.75. The van der Waals surface area contributed by atoms with Crippen LogP contribution in [0.3, 0.4) is 0 Å². The molecule has 1 heterocycles. The van der Waals surface area contributed by atoms with Crippen molar-refractivity contribution >= 4 is 22.6 Å². The Morgan fingerprint density at radius 1 is 1.14 bits per heavy atom. The highest BCUT2D eigenvalue weighted by atomic mass is 32.2. The summed E-state index contributed by atoms with van der Waals surface area (Å²) in [5.41, 5.74) is 2.24. The number of ether oxygens (including phenoxy) is 1. The van der Waals surface area contributed by atoms with Crippen LogP contribution in [0.5, 0.6) is 5.75 Å². The Hall–Kier alpha value is -1.94. The predicted molar refractivity (Wildman–Crippen MR) is 90.3 cm³/mol. The van der Waals surface area contributed by atoms with Gasteiger partial charge >= 0.3 is 0 Å². The molecule has 1 unspecified atom stereocenters. The fourth-order valence-electron chi connectivity index (χ4n) is 2.25. The third kappa shape index (κ3) is 3.39. The molecule has 0 radical (unpaired) electrons. The van der Waals surface area contributed by atoms with E-state index in [0.29, 0.717) is 6.61 Å². The first-order valence-corrected chi connectivity index (χ1v) is 8.10. The molecule has 0 bridgehead atoms. The molecule has 0 aromatic heterocycles. The molecule has 0 spiro atoms. The summed E-state index contributed by atoms with van der Waals surface area (Å²) < 4.78 is 5.63. The normalized spacial score (nSPS) is 17.4. The minimum Gasteiger partial charge on any atom is -0.492 e. The molecule has 21 heavy (non-hydrogen) atoms. The quantitative estimate of drug-likeness (QED) is 0.911. The molecule has 4 heteroatoms. The van der Waals surface area contributed by atoms with Crippen LogP contribution in [0.2, 0.25) is 0 Å². The van der Waals surface area contributed by atoms with Gasteiger partial charge in [0, 0.05) is 5.75 Å². The summed E-state index contributed by atoms with van der Waals surface area (Å²) in [5, 5.41) is 4.34. The Morgan fingerprint density at radius 2 is 1.90 bits per heavy atom. The SMILES string of the molecule is CCOc1ccccc1NC1=NC(c2ccccc2)CS1.